The standard InChI is InChI=1S/C21H27N9O/c1-14-16(12-29(2)28-14)10-24-21(31)15-5-4-6-17(9-15)23-11-19-26-27-20(30(19)3)18-7-8-22-13-25-18/h4-9,12-14,19,23,26,28H,10-11H2,1-3H3,(H,24,31). The second kappa shape index (κ2) is 9.00. The minimum Gasteiger partial charge on any atom is -0.381 e. The van der Waals surface area contributed by atoms with Crippen molar-refractivity contribution in [3.8, 4) is 0 Å². The third-order valence-electron chi connectivity index (χ3n) is 5.32. The molecule has 1 aromatic carbocycles. The number of hydrogen-bond donors (Lipinski definition) is 4. The summed E-state index contributed by atoms with van der Waals surface area (Å²) >= 11 is 0. The van der Waals surface area contributed by atoms with E-state index >= 15 is 0 Å². The normalized spacial score (nSPS) is 20.2. The van der Waals surface area contributed by atoms with Crippen LogP contribution in [0.4, 0.5) is 5.69 Å². The molecular weight excluding hydrogens is 394 g/mol. The number of aromatic nitrogens is 2. The predicted octanol–water partition coefficient (Wildman–Crippen LogP) is 0.564. The van der Waals surface area contributed by atoms with E-state index in [9.17, 15) is 4.79 Å². The Labute approximate surface area is 181 Å². The van der Waals surface area contributed by atoms with E-state index in [1.807, 2.05) is 60.5 Å². The van der Waals surface area contributed by atoms with Gasteiger partial charge in [0.25, 0.3) is 5.91 Å². The highest BCUT2D eigenvalue weighted by Crippen LogP contribution is 2.14. The molecule has 0 saturated heterocycles. The van der Waals surface area contributed by atoms with Crippen molar-refractivity contribution in [2.45, 2.75) is 19.1 Å². The molecule has 31 heavy (non-hydrogen) atoms. The Morgan fingerprint density at radius 3 is 2.87 bits per heavy atom. The molecule has 4 N–H and O–H groups in total. The third kappa shape index (κ3) is 4.75. The number of benzene rings is 1. The number of anilines is 1. The van der Waals surface area contributed by atoms with Gasteiger partial charge in [-0.3, -0.25) is 10.2 Å². The maximum absolute atomic E-state index is 12.6. The van der Waals surface area contributed by atoms with Crippen LogP contribution >= 0.6 is 0 Å². The highest BCUT2D eigenvalue weighted by molar-refractivity contribution is 5.97. The topological polar surface area (TPSA) is 110 Å². The number of hydrazone groups is 1. The van der Waals surface area contributed by atoms with Crippen LogP contribution in [-0.2, 0) is 0 Å². The molecule has 2 unspecified atom stereocenters. The Bertz CT molecular complexity index is 991. The molecule has 0 saturated carbocycles. The molecule has 0 radical (unpaired) electrons. The molecule has 0 aliphatic carbocycles. The number of amidine groups is 1. The molecule has 2 atom stereocenters. The second-order valence-electron chi connectivity index (χ2n) is 7.60. The van der Waals surface area contributed by atoms with E-state index in [0.717, 1.165) is 22.8 Å². The van der Waals surface area contributed by atoms with Crippen molar-refractivity contribution in [3.63, 3.8) is 0 Å². The first-order valence-electron chi connectivity index (χ1n) is 10.2. The van der Waals surface area contributed by atoms with Crippen LogP contribution in [0.3, 0.4) is 0 Å². The van der Waals surface area contributed by atoms with Crippen molar-refractivity contribution in [1.29, 1.82) is 0 Å². The van der Waals surface area contributed by atoms with Crippen molar-refractivity contribution in [1.82, 2.24) is 36.0 Å². The second-order valence-corrected chi connectivity index (χ2v) is 7.60. The fraction of sp³-hybridized carbons (Fsp3) is 0.333. The lowest BCUT2D eigenvalue weighted by atomic mass is 10.1. The zero-order valence-corrected chi connectivity index (χ0v) is 17.8. The van der Waals surface area contributed by atoms with Gasteiger partial charge in [-0.15, -0.1) is 0 Å². The molecule has 4 rings (SSSR count). The monoisotopic (exact) mass is 421 g/mol. The lowest BCUT2D eigenvalue weighted by Crippen LogP contribution is -2.42. The van der Waals surface area contributed by atoms with Crippen molar-refractivity contribution in [2.24, 2.45) is 5.10 Å². The zero-order chi connectivity index (χ0) is 21.8. The molecule has 10 heteroatoms. The number of likely N-dealkylation sites (N-methyl/N-ethyl adjacent to an activating group) is 1. The van der Waals surface area contributed by atoms with Crippen molar-refractivity contribution >= 4 is 17.4 Å². The van der Waals surface area contributed by atoms with Crippen LogP contribution in [0.15, 0.2) is 59.7 Å². The number of hydrazine groups is 1. The fourth-order valence-electron chi connectivity index (χ4n) is 3.55. The molecule has 10 nitrogen and oxygen atoms in total. The van der Waals surface area contributed by atoms with Gasteiger partial charge in [0.1, 0.15) is 18.2 Å². The van der Waals surface area contributed by atoms with Crippen molar-refractivity contribution < 1.29 is 4.79 Å². The SMILES string of the molecule is CC1NN(C)C=C1CNC(=O)c1cccc(NCC2NN=C(c3ccncn3)N2C)c1. The minimum absolute atomic E-state index is 0.0391. The van der Waals surface area contributed by atoms with Crippen LogP contribution in [0.2, 0.25) is 0 Å². The van der Waals surface area contributed by atoms with Gasteiger partial charge in [0.15, 0.2) is 5.84 Å². The van der Waals surface area contributed by atoms with Crippen LogP contribution in [0.1, 0.15) is 23.0 Å². The summed E-state index contributed by atoms with van der Waals surface area (Å²) in [6.07, 6.45) is 5.17. The van der Waals surface area contributed by atoms with Gasteiger partial charge in [-0.2, -0.15) is 5.10 Å². The molecular formula is C21H27N9O. The first kappa shape index (κ1) is 20.6. The van der Waals surface area contributed by atoms with Crippen LogP contribution < -0.4 is 21.5 Å². The quantitative estimate of drug-likeness (QED) is 0.514. The van der Waals surface area contributed by atoms with Crippen molar-refractivity contribution in [3.05, 3.63) is 65.9 Å². The van der Waals surface area contributed by atoms with Gasteiger partial charge in [-0.25, -0.2) is 15.4 Å². The van der Waals surface area contributed by atoms with Gasteiger partial charge in [-0.05, 0) is 36.8 Å². The molecule has 3 heterocycles. The average Bonchev–Trinajstić information content (AvgIpc) is 3.31. The maximum Gasteiger partial charge on any atom is 0.251 e. The Kier molecular flexibility index (Phi) is 5.99. The molecule has 2 aromatic rings. The smallest absolute Gasteiger partial charge is 0.251 e. The lowest BCUT2D eigenvalue weighted by Gasteiger charge is -2.23. The number of nitrogens with one attached hydrogen (secondary N) is 4. The molecule has 0 bridgehead atoms. The van der Waals surface area contributed by atoms with Gasteiger partial charge < -0.3 is 20.5 Å². The van der Waals surface area contributed by atoms with E-state index in [1.165, 1.54) is 6.33 Å². The van der Waals surface area contributed by atoms with Crippen LogP contribution in [-0.4, -0.2) is 71.0 Å². The summed E-state index contributed by atoms with van der Waals surface area (Å²) in [7, 11) is 3.90. The van der Waals surface area contributed by atoms with Gasteiger partial charge in [0.2, 0.25) is 0 Å². The van der Waals surface area contributed by atoms with Gasteiger partial charge in [-0.1, -0.05) is 6.07 Å². The number of hydrogen-bond acceptors (Lipinski definition) is 9. The molecule has 162 valence electrons. The summed E-state index contributed by atoms with van der Waals surface area (Å²) in [6, 6.07) is 9.52. The summed E-state index contributed by atoms with van der Waals surface area (Å²) < 4.78 is 0. The minimum atomic E-state index is -0.100. The average molecular weight is 422 g/mol. The third-order valence-corrected chi connectivity index (χ3v) is 5.32. The summed E-state index contributed by atoms with van der Waals surface area (Å²) in [5, 5.41) is 12.7. The fourth-order valence-corrected chi connectivity index (χ4v) is 3.55. The van der Waals surface area contributed by atoms with Gasteiger partial charge >= 0.3 is 0 Å². The number of amides is 1. The molecule has 2 aliphatic rings. The van der Waals surface area contributed by atoms with E-state index in [1.54, 1.807) is 6.20 Å². The van der Waals surface area contributed by atoms with E-state index in [2.05, 4.69) is 43.5 Å². The van der Waals surface area contributed by atoms with Gasteiger partial charge in [0.05, 0.1) is 6.54 Å². The largest absolute Gasteiger partial charge is 0.381 e. The molecule has 1 aromatic heterocycles. The summed E-state index contributed by atoms with van der Waals surface area (Å²) in [6.45, 7) is 3.18. The number of rotatable bonds is 7. The van der Waals surface area contributed by atoms with Gasteiger partial charge in [0, 0.05) is 50.3 Å². The number of nitrogens with zero attached hydrogens (tertiary/aromatic N) is 5. The number of carbonyl (C=O) groups is 1. The summed E-state index contributed by atoms with van der Waals surface area (Å²) in [5.74, 6) is 0.662. The van der Waals surface area contributed by atoms with E-state index in [-0.39, 0.29) is 18.1 Å². The lowest BCUT2D eigenvalue weighted by molar-refractivity contribution is 0.0956. The number of carbonyl (C=O) groups excluding carboxylic acids is 1. The Hall–Kier alpha value is -3.66. The van der Waals surface area contributed by atoms with Crippen molar-refractivity contribution in [2.75, 3.05) is 32.5 Å². The highest BCUT2D eigenvalue weighted by atomic mass is 16.1. The maximum atomic E-state index is 12.6. The first-order valence-corrected chi connectivity index (χ1v) is 10.2. The van der Waals surface area contributed by atoms with E-state index < -0.39 is 0 Å². The molecule has 2 aliphatic heterocycles. The van der Waals surface area contributed by atoms with Crippen LogP contribution in [0.25, 0.3) is 0 Å². The predicted molar refractivity (Wildman–Crippen MR) is 119 cm³/mol. The molecule has 0 fully saturated rings. The highest BCUT2D eigenvalue weighted by Gasteiger charge is 2.25. The Balaban J connectivity index is 1.31. The van der Waals surface area contributed by atoms with Crippen LogP contribution in [0.5, 0.6) is 0 Å². The molecule has 1 amide bonds. The summed E-state index contributed by atoms with van der Waals surface area (Å²) in [5.41, 5.74) is 9.76. The first-order chi connectivity index (χ1) is 15.0. The summed E-state index contributed by atoms with van der Waals surface area (Å²) in [4.78, 5) is 22.8. The van der Waals surface area contributed by atoms with E-state index in [0.29, 0.717) is 18.7 Å². The zero-order valence-electron chi connectivity index (χ0n) is 17.8. The Morgan fingerprint density at radius 1 is 1.26 bits per heavy atom. The Morgan fingerprint density at radius 2 is 2.13 bits per heavy atom. The molecule has 0 spiro atoms. The van der Waals surface area contributed by atoms with E-state index in [4.69, 9.17) is 0 Å². The van der Waals surface area contributed by atoms with Crippen LogP contribution in [0, 0.1) is 0 Å².